The van der Waals surface area contributed by atoms with Crippen molar-refractivity contribution >= 4 is 17.5 Å². The van der Waals surface area contributed by atoms with Gasteiger partial charge in [0.05, 0.1) is 12.5 Å². The highest BCUT2D eigenvalue weighted by molar-refractivity contribution is 5.97. The lowest BCUT2D eigenvalue weighted by Crippen LogP contribution is -2.52. The molecule has 1 fully saturated rings. The van der Waals surface area contributed by atoms with E-state index in [2.05, 4.69) is 10.3 Å². The molecule has 1 atom stereocenters. The van der Waals surface area contributed by atoms with Crippen LogP contribution >= 0.6 is 0 Å². The van der Waals surface area contributed by atoms with Crippen molar-refractivity contribution in [3.05, 3.63) is 83.9 Å². The van der Waals surface area contributed by atoms with E-state index in [0.717, 1.165) is 16.5 Å². The summed E-state index contributed by atoms with van der Waals surface area (Å²) in [7, 11) is 0. The van der Waals surface area contributed by atoms with Crippen molar-refractivity contribution in [3.8, 4) is 11.1 Å². The molecule has 2 amide bonds. The van der Waals surface area contributed by atoms with Gasteiger partial charge in [0.1, 0.15) is 5.82 Å². The minimum Gasteiger partial charge on any atom is -0.332 e. The first-order valence-electron chi connectivity index (χ1n) is 10.5. The van der Waals surface area contributed by atoms with E-state index >= 15 is 0 Å². The largest absolute Gasteiger partial charge is 0.332 e. The maximum atomic E-state index is 14.5. The molecule has 1 aliphatic rings. The van der Waals surface area contributed by atoms with E-state index in [0.29, 0.717) is 16.8 Å². The van der Waals surface area contributed by atoms with Crippen molar-refractivity contribution < 1.29 is 22.8 Å². The Bertz CT molecular complexity index is 1180. The molecular weight excluding hydrogens is 431 g/mol. The normalized spacial score (nSPS) is 17.5. The number of aryl methyl sites for hydroxylation is 1. The molecule has 170 valence electrons. The van der Waals surface area contributed by atoms with Gasteiger partial charge in [0.15, 0.2) is 0 Å². The summed E-state index contributed by atoms with van der Waals surface area (Å²) in [5.41, 5.74) is 2.42. The van der Waals surface area contributed by atoms with E-state index in [1.54, 1.807) is 30.3 Å². The Morgan fingerprint density at radius 3 is 2.55 bits per heavy atom. The molecule has 33 heavy (non-hydrogen) atoms. The van der Waals surface area contributed by atoms with Crippen molar-refractivity contribution in [3.63, 3.8) is 0 Å². The highest BCUT2D eigenvalue weighted by Crippen LogP contribution is 2.32. The molecule has 0 saturated carbocycles. The van der Waals surface area contributed by atoms with Crippen LogP contribution in [0.2, 0.25) is 0 Å². The number of pyridine rings is 1. The summed E-state index contributed by atoms with van der Waals surface area (Å²) >= 11 is 0. The number of rotatable bonds is 4. The summed E-state index contributed by atoms with van der Waals surface area (Å²) in [6.45, 7) is 0.832. The van der Waals surface area contributed by atoms with Crippen LogP contribution < -0.4 is 5.32 Å². The maximum Gasteiger partial charge on any atom is 0.266 e. The average molecular weight is 453 g/mol. The van der Waals surface area contributed by atoms with Crippen LogP contribution in [0.15, 0.2) is 67.0 Å². The Kier molecular flexibility index (Phi) is 6.18. The van der Waals surface area contributed by atoms with Gasteiger partial charge < -0.3 is 10.2 Å². The first-order chi connectivity index (χ1) is 15.7. The lowest BCUT2D eigenvalue weighted by molar-refractivity contribution is -0.130. The molecule has 0 bridgehead atoms. The third-order valence-corrected chi connectivity index (χ3v) is 5.51. The number of piperidine rings is 1. The second-order valence-electron chi connectivity index (χ2n) is 8.27. The van der Waals surface area contributed by atoms with E-state index < -0.39 is 42.4 Å². The number of amides is 2. The van der Waals surface area contributed by atoms with Crippen LogP contribution in [0, 0.1) is 18.7 Å². The van der Waals surface area contributed by atoms with Crippen LogP contribution in [0.25, 0.3) is 11.1 Å². The standard InChI is InChI=1S/C25H22F3N3O2/c1-16-3-2-4-22(9-16)30-23(32)20-13-25(27,28)15-31(14-20)24(33)19-10-18(11-21(26)12-19)17-5-7-29-8-6-17/h2-12,20H,13-15H2,1H3,(H,30,32). The van der Waals surface area contributed by atoms with E-state index in [-0.39, 0.29) is 12.1 Å². The number of aromatic nitrogens is 1. The Morgan fingerprint density at radius 2 is 1.82 bits per heavy atom. The third kappa shape index (κ3) is 5.39. The van der Waals surface area contributed by atoms with E-state index in [1.807, 2.05) is 13.0 Å². The summed E-state index contributed by atoms with van der Waals surface area (Å²) in [6, 6.07) is 14.0. The first-order valence-corrected chi connectivity index (χ1v) is 10.5. The number of nitrogens with zero attached hydrogens (tertiary/aromatic N) is 2. The third-order valence-electron chi connectivity index (χ3n) is 5.51. The van der Waals surface area contributed by atoms with Crippen molar-refractivity contribution in [2.24, 2.45) is 5.92 Å². The van der Waals surface area contributed by atoms with Gasteiger partial charge in [0.2, 0.25) is 5.91 Å². The Labute approximate surface area is 189 Å². The molecule has 1 aromatic heterocycles. The number of nitrogens with one attached hydrogen (secondary N) is 1. The quantitative estimate of drug-likeness (QED) is 0.609. The number of alkyl halides is 2. The average Bonchev–Trinajstić information content (AvgIpc) is 2.77. The Morgan fingerprint density at radius 1 is 1.06 bits per heavy atom. The first kappa shape index (κ1) is 22.5. The molecule has 1 aliphatic heterocycles. The fraction of sp³-hybridized carbons (Fsp3) is 0.240. The molecule has 1 unspecified atom stereocenters. The molecule has 2 heterocycles. The fourth-order valence-corrected chi connectivity index (χ4v) is 4.00. The van der Waals surface area contributed by atoms with Gasteiger partial charge in [0, 0.05) is 36.6 Å². The Balaban J connectivity index is 1.56. The summed E-state index contributed by atoms with van der Waals surface area (Å²) < 4.78 is 43.3. The predicted octanol–water partition coefficient (Wildman–Crippen LogP) is 4.93. The SMILES string of the molecule is Cc1cccc(NC(=O)C2CN(C(=O)c3cc(F)cc(-c4ccncc4)c3)CC(F)(F)C2)c1. The predicted molar refractivity (Wildman–Crippen MR) is 118 cm³/mol. The topological polar surface area (TPSA) is 62.3 Å². The highest BCUT2D eigenvalue weighted by atomic mass is 19.3. The summed E-state index contributed by atoms with van der Waals surface area (Å²) in [6.07, 6.45) is 2.40. The van der Waals surface area contributed by atoms with Gasteiger partial charge >= 0.3 is 0 Å². The second kappa shape index (κ2) is 9.05. The van der Waals surface area contributed by atoms with Gasteiger partial charge in [-0.25, -0.2) is 13.2 Å². The summed E-state index contributed by atoms with van der Waals surface area (Å²) in [5.74, 6) is -6.35. The number of benzene rings is 2. The molecular formula is C25H22F3N3O2. The molecule has 0 radical (unpaired) electrons. The van der Waals surface area contributed by atoms with E-state index in [9.17, 15) is 22.8 Å². The van der Waals surface area contributed by atoms with Crippen molar-refractivity contribution in [2.75, 3.05) is 18.4 Å². The molecule has 8 heteroatoms. The zero-order valence-corrected chi connectivity index (χ0v) is 17.9. The molecule has 0 spiro atoms. The molecule has 1 N–H and O–H groups in total. The van der Waals surface area contributed by atoms with Crippen molar-refractivity contribution in [1.82, 2.24) is 9.88 Å². The lowest BCUT2D eigenvalue weighted by atomic mass is 9.93. The molecule has 5 nitrogen and oxygen atoms in total. The zero-order valence-electron chi connectivity index (χ0n) is 17.9. The van der Waals surface area contributed by atoms with Crippen molar-refractivity contribution in [2.45, 2.75) is 19.3 Å². The minimum absolute atomic E-state index is 0.0580. The van der Waals surface area contributed by atoms with Crippen LogP contribution in [-0.2, 0) is 4.79 Å². The molecule has 1 saturated heterocycles. The van der Waals surface area contributed by atoms with Crippen LogP contribution in [-0.4, -0.2) is 40.7 Å². The summed E-state index contributed by atoms with van der Waals surface area (Å²) in [4.78, 5) is 30.6. The van der Waals surface area contributed by atoms with Gasteiger partial charge in [-0.3, -0.25) is 14.6 Å². The number of anilines is 1. The maximum absolute atomic E-state index is 14.5. The van der Waals surface area contributed by atoms with Gasteiger partial charge in [0.25, 0.3) is 11.8 Å². The van der Waals surface area contributed by atoms with Crippen LogP contribution in [0.1, 0.15) is 22.3 Å². The number of hydrogen-bond donors (Lipinski definition) is 1. The monoisotopic (exact) mass is 453 g/mol. The number of halogens is 3. The van der Waals surface area contributed by atoms with Crippen LogP contribution in [0.3, 0.4) is 0 Å². The van der Waals surface area contributed by atoms with Gasteiger partial charge in [-0.2, -0.15) is 0 Å². The van der Waals surface area contributed by atoms with Crippen LogP contribution in [0.4, 0.5) is 18.9 Å². The van der Waals surface area contributed by atoms with Crippen LogP contribution in [0.5, 0.6) is 0 Å². The molecule has 2 aromatic carbocycles. The number of carbonyl (C=O) groups excluding carboxylic acids is 2. The van der Waals surface area contributed by atoms with Gasteiger partial charge in [-0.15, -0.1) is 0 Å². The van der Waals surface area contributed by atoms with Gasteiger partial charge in [-0.05, 0) is 66.1 Å². The lowest BCUT2D eigenvalue weighted by Gasteiger charge is -2.37. The zero-order chi connectivity index (χ0) is 23.6. The van der Waals surface area contributed by atoms with E-state index in [4.69, 9.17) is 0 Å². The number of carbonyl (C=O) groups is 2. The number of hydrogen-bond acceptors (Lipinski definition) is 3. The van der Waals surface area contributed by atoms with Gasteiger partial charge in [-0.1, -0.05) is 12.1 Å². The Hall–Kier alpha value is -3.68. The van der Waals surface area contributed by atoms with E-state index in [1.165, 1.54) is 24.5 Å². The second-order valence-corrected chi connectivity index (χ2v) is 8.27. The minimum atomic E-state index is -3.25. The molecule has 4 rings (SSSR count). The molecule has 0 aliphatic carbocycles. The molecule has 3 aromatic rings. The van der Waals surface area contributed by atoms with Crippen molar-refractivity contribution in [1.29, 1.82) is 0 Å². The smallest absolute Gasteiger partial charge is 0.266 e. The fourth-order valence-electron chi connectivity index (χ4n) is 4.00. The summed E-state index contributed by atoms with van der Waals surface area (Å²) in [5, 5.41) is 2.65. The number of likely N-dealkylation sites (tertiary alicyclic amines) is 1. The highest BCUT2D eigenvalue weighted by Gasteiger charge is 2.44.